The zero-order valence-electron chi connectivity index (χ0n) is 16.0. The summed E-state index contributed by atoms with van der Waals surface area (Å²) in [5.74, 6) is 0. The summed E-state index contributed by atoms with van der Waals surface area (Å²) in [5, 5.41) is 0. The molecule has 2 atom stereocenters. The highest BCUT2D eigenvalue weighted by Gasteiger charge is 2.14. The van der Waals surface area contributed by atoms with Crippen LogP contribution >= 0.6 is 0 Å². The molecule has 0 aliphatic carbocycles. The van der Waals surface area contributed by atoms with Crippen molar-refractivity contribution in [1.82, 2.24) is 0 Å². The van der Waals surface area contributed by atoms with Crippen molar-refractivity contribution in [2.45, 2.75) is 63.5 Å². The molecular formula is C22H34OSi2. The highest BCUT2D eigenvalue weighted by molar-refractivity contribution is 6.44. The fourth-order valence-corrected chi connectivity index (χ4v) is 8.86. The minimum atomic E-state index is -0.417. The smallest absolute Gasteiger partial charge is 0.149 e. The van der Waals surface area contributed by atoms with E-state index in [0.29, 0.717) is 0 Å². The number of benzene rings is 2. The van der Waals surface area contributed by atoms with Gasteiger partial charge in [0.1, 0.15) is 19.5 Å². The van der Waals surface area contributed by atoms with Crippen molar-refractivity contribution in [2.75, 3.05) is 0 Å². The first-order chi connectivity index (χ1) is 12.3. The molecule has 25 heavy (non-hydrogen) atoms. The molecule has 0 saturated heterocycles. The van der Waals surface area contributed by atoms with Gasteiger partial charge in [-0.1, -0.05) is 100 Å². The molecule has 0 radical (unpaired) electrons. The Morgan fingerprint density at radius 3 is 1.44 bits per heavy atom. The molecular weight excluding hydrogens is 336 g/mol. The number of hydrogen-bond donors (Lipinski definition) is 0. The van der Waals surface area contributed by atoms with Crippen LogP contribution in [-0.4, -0.2) is 19.5 Å². The van der Waals surface area contributed by atoms with E-state index in [4.69, 9.17) is 4.12 Å². The molecule has 2 unspecified atom stereocenters. The van der Waals surface area contributed by atoms with E-state index in [1.54, 1.807) is 0 Å². The molecule has 0 spiro atoms. The third kappa shape index (κ3) is 8.17. The van der Waals surface area contributed by atoms with Gasteiger partial charge in [-0.2, -0.15) is 0 Å². The van der Waals surface area contributed by atoms with Crippen molar-refractivity contribution >= 4 is 19.5 Å². The Kier molecular flexibility index (Phi) is 9.86. The molecule has 1 nitrogen and oxygen atoms in total. The van der Waals surface area contributed by atoms with Crippen LogP contribution in [0, 0.1) is 0 Å². The summed E-state index contributed by atoms with van der Waals surface area (Å²) < 4.78 is 6.49. The average Bonchev–Trinajstić information content (AvgIpc) is 2.64. The Balaban J connectivity index is 1.81. The molecule has 3 heteroatoms. The van der Waals surface area contributed by atoms with Crippen molar-refractivity contribution < 1.29 is 4.12 Å². The van der Waals surface area contributed by atoms with Crippen molar-refractivity contribution in [3.8, 4) is 0 Å². The standard InChI is InChI=1S/C22H34OSi2/c1-3-11-21(17-19-13-7-5-8-14-19)24-23-25-22(12-4-2)18-20-15-9-6-10-16-20/h5-10,13-16,21-22H,3-4,11-12,17-18,24-25H2,1-2H3. The van der Waals surface area contributed by atoms with E-state index in [-0.39, 0.29) is 0 Å². The van der Waals surface area contributed by atoms with Crippen LogP contribution in [-0.2, 0) is 17.0 Å². The first-order valence-corrected chi connectivity index (χ1v) is 12.8. The van der Waals surface area contributed by atoms with E-state index in [1.165, 1.54) is 49.7 Å². The molecule has 0 N–H and O–H groups in total. The molecule has 0 heterocycles. The van der Waals surface area contributed by atoms with Gasteiger partial charge in [-0.15, -0.1) is 0 Å². The lowest BCUT2D eigenvalue weighted by Crippen LogP contribution is -2.18. The Hall–Kier alpha value is -1.17. The molecule has 0 fully saturated rings. The molecule has 0 aromatic heterocycles. The zero-order valence-corrected chi connectivity index (χ0v) is 18.8. The molecule has 2 rings (SSSR count). The zero-order chi connectivity index (χ0) is 17.7. The van der Waals surface area contributed by atoms with Crippen LogP contribution in [0.1, 0.15) is 50.7 Å². The Labute approximate surface area is 159 Å². The average molecular weight is 371 g/mol. The first-order valence-electron chi connectivity index (χ1n) is 9.97. The SMILES string of the molecule is CCCC(Cc1ccccc1)[SiH2]O[SiH2]C(CCC)Cc1ccccc1. The van der Waals surface area contributed by atoms with E-state index in [1.807, 2.05) is 0 Å². The molecule has 0 aliphatic rings. The van der Waals surface area contributed by atoms with Crippen LogP contribution in [0.15, 0.2) is 60.7 Å². The summed E-state index contributed by atoms with van der Waals surface area (Å²) in [7, 11) is -0.833. The topological polar surface area (TPSA) is 9.23 Å². The minimum absolute atomic E-state index is 0.417. The lowest BCUT2D eigenvalue weighted by Gasteiger charge is -2.20. The molecule has 0 saturated carbocycles. The van der Waals surface area contributed by atoms with E-state index in [0.717, 1.165) is 11.1 Å². The van der Waals surface area contributed by atoms with Crippen molar-refractivity contribution in [3.63, 3.8) is 0 Å². The molecule has 136 valence electrons. The van der Waals surface area contributed by atoms with Crippen molar-refractivity contribution in [2.24, 2.45) is 0 Å². The van der Waals surface area contributed by atoms with Crippen molar-refractivity contribution in [1.29, 1.82) is 0 Å². The van der Waals surface area contributed by atoms with Gasteiger partial charge >= 0.3 is 0 Å². The number of rotatable bonds is 12. The van der Waals surface area contributed by atoms with Crippen LogP contribution in [0.4, 0.5) is 0 Å². The van der Waals surface area contributed by atoms with E-state index < -0.39 is 19.5 Å². The quantitative estimate of drug-likeness (QED) is 0.486. The first kappa shape index (κ1) is 20.1. The second kappa shape index (κ2) is 12.2. The van der Waals surface area contributed by atoms with E-state index in [2.05, 4.69) is 74.5 Å². The second-order valence-corrected chi connectivity index (χ2v) is 11.8. The van der Waals surface area contributed by atoms with Gasteiger partial charge in [-0.25, -0.2) is 0 Å². The normalized spacial score (nSPS) is 14.5. The van der Waals surface area contributed by atoms with E-state index >= 15 is 0 Å². The summed E-state index contributed by atoms with van der Waals surface area (Å²) >= 11 is 0. The summed E-state index contributed by atoms with van der Waals surface area (Å²) in [6.07, 6.45) is 7.63. The summed E-state index contributed by atoms with van der Waals surface area (Å²) in [6, 6.07) is 21.9. The van der Waals surface area contributed by atoms with Crippen LogP contribution in [0.3, 0.4) is 0 Å². The molecule has 0 aliphatic heterocycles. The Bertz CT molecular complexity index is 507. The summed E-state index contributed by atoms with van der Waals surface area (Å²) in [4.78, 5) is 0. The summed E-state index contributed by atoms with van der Waals surface area (Å²) in [6.45, 7) is 4.61. The van der Waals surface area contributed by atoms with Gasteiger partial charge in [-0.3, -0.25) is 0 Å². The van der Waals surface area contributed by atoms with Gasteiger partial charge < -0.3 is 4.12 Å². The predicted molar refractivity (Wildman–Crippen MR) is 116 cm³/mol. The molecule has 2 aromatic carbocycles. The molecule has 0 bridgehead atoms. The van der Waals surface area contributed by atoms with E-state index in [9.17, 15) is 0 Å². The largest absolute Gasteiger partial charge is 0.465 e. The Morgan fingerprint density at radius 2 is 1.08 bits per heavy atom. The maximum atomic E-state index is 6.49. The maximum Gasteiger partial charge on any atom is 0.149 e. The van der Waals surface area contributed by atoms with Crippen molar-refractivity contribution in [3.05, 3.63) is 71.8 Å². The van der Waals surface area contributed by atoms with Crippen LogP contribution in [0.25, 0.3) is 0 Å². The highest BCUT2D eigenvalue weighted by atomic mass is 28.3. The van der Waals surface area contributed by atoms with Crippen LogP contribution < -0.4 is 0 Å². The number of hydrogen-bond acceptors (Lipinski definition) is 1. The Morgan fingerprint density at radius 1 is 0.680 bits per heavy atom. The van der Waals surface area contributed by atoms with Crippen LogP contribution in [0.5, 0.6) is 0 Å². The maximum absolute atomic E-state index is 6.49. The van der Waals surface area contributed by atoms with Gasteiger partial charge in [0.05, 0.1) is 0 Å². The molecule has 0 amide bonds. The van der Waals surface area contributed by atoms with Crippen LogP contribution in [0.2, 0.25) is 11.1 Å². The highest BCUT2D eigenvalue weighted by Crippen LogP contribution is 2.22. The molecule has 2 aromatic rings. The fourth-order valence-electron chi connectivity index (χ4n) is 3.60. The second-order valence-electron chi connectivity index (χ2n) is 7.23. The third-order valence-electron chi connectivity index (χ3n) is 4.84. The minimum Gasteiger partial charge on any atom is -0.465 e. The monoisotopic (exact) mass is 370 g/mol. The fraction of sp³-hybridized carbons (Fsp3) is 0.455. The van der Waals surface area contributed by atoms with Gasteiger partial charge in [0.15, 0.2) is 0 Å². The van der Waals surface area contributed by atoms with Gasteiger partial charge in [0, 0.05) is 0 Å². The predicted octanol–water partition coefficient (Wildman–Crippen LogP) is 4.83. The van der Waals surface area contributed by atoms with Gasteiger partial charge in [0.25, 0.3) is 0 Å². The lowest BCUT2D eigenvalue weighted by molar-refractivity contribution is 0.552. The summed E-state index contributed by atoms with van der Waals surface area (Å²) in [5.41, 5.74) is 4.57. The third-order valence-corrected chi connectivity index (χ3v) is 9.06. The van der Waals surface area contributed by atoms with Gasteiger partial charge in [0.2, 0.25) is 0 Å². The lowest BCUT2D eigenvalue weighted by atomic mass is 10.1. The van der Waals surface area contributed by atoms with Gasteiger partial charge in [-0.05, 0) is 35.1 Å².